The highest BCUT2D eigenvalue weighted by Gasteiger charge is 2.25. The van der Waals surface area contributed by atoms with E-state index in [-0.39, 0.29) is 17.3 Å². The fraction of sp³-hybridized carbons (Fsp3) is 0. The van der Waals surface area contributed by atoms with Crippen molar-refractivity contribution in [3.63, 3.8) is 0 Å². The number of carbonyl (C=O) groups excluding carboxylic acids is 1. The number of hydrogen-bond acceptors (Lipinski definition) is 5. The number of cyclic esters (lactones) is 1. The Kier molecular flexibility index (Phi) is 4.33. The SMILES string of the molecule is O=C1OC(c2cccc([N+](=O)[O-])c2)=NC1=Cc1ccc(Cl)cc1Cl. The Bertz CT molecular complexity index is 922. The Balaban J connectivity index is 1.97. The summed E-state index contributed by atoms with van der Waals surface area (Å²) in [6.45, 7) is 0. The molecule has 2 aromatic carbocycles. The van der Waals surface area contributed by atoms with E-state index in [0.29, 0.717) is 21.2 Å². The molecule has 3 rings (SSSR count). The molecule has 1 aliphatic rings. The summed E-state index contributed by atoms with van der Waals surface area (Å²) in [5, 5.41) is 11.7. The molecule has 0 amide bonds. The molecule has 0 atom stereocenters. The van der Waals surface area contributed by atoms with E-state index in [1.54, 1.807) is 24.3 Å². The second-order valence-corrected chi connectivity index (χ2v) is 5.65. The summed E-state index contributed by atoms with van der Waals surface area (Å²) in [4.78, 5) is 26.3. The van der Waals surface area contributed by atoms with E-state index in [9.17, 15) is 14.9 Å². The number of rotatable bonds is 3. The Labute approximate surface area is 146 Å². The molecule has 0 radical (unpaired) electrons. The molecule has 0 N–H and O–H groups in total. The fourth-order valence-electron chi connectivity index (χ4n) is 2.05. The van der Waals surface area contributed by atoms with Crippen molar-refractivity contribution >= 4 is 46.8 Å². The number of nitro benzene ring substituents is 1. The summed E-state index contributed by atoms with van der Waals surface area (Å²) >= 11 is 11.9. The minimum absolute atomic E-state index is 0.0000333. The molecule has 2 aromatic rings. The number of halogens is 2. The van der Waals surface area contributed by atoms with Crippen molar-refractivity contribution < 1.29 is 14.5 Å². The molecule has 0 saturated heterocycles. The van der Waals surface area contributed by atoms with E-state index in [1.807, 2.05) is 0 Å². The van der Waals surface area contributed by atoms with Gasteiger partial charge in [0.05, 0.1) is 4.92 Å². The summed E-state index contributed by atoms with van der Waals surface area (Å²) in [6, 6.07) is 10.5. The standard InChI is InChI=1S/C16H8Cl2N2O4/c17-11-5-4-9(13(18)8-11)7-14-16(21)24-15(19-14)10-2-1-3-12(6-10)20(22)23/h1-8H. The van der Waals surface area contributed by atoms with Crippen molar-refractivity contribution in [2.75, 3.05) is 0 Å². The average molecular weight is 363 g/mol. The maximum atomic E-state index is 12.0. The third kappa shape index (κ3) is 3.29. The number of non-ortho nitro benzene ring substituents is 1. The first kappa shape index (κ1) is 16.2. The molecule has 0 unspecified atom stereocenters. The van der Waals surface area contributed by atoms with Gasteiger partial charge in [0, 0.05) is 27.7 Å². The Hall–Kier alpha value is -2.70. The molecule has 8 heteroatoms. The van der Waals surface area contributed by atoms with Gasteiger partial charge in [-0.2, -0.15) is 0 Å². The van der Waals surface area contributed by atoms with E-state index in [1.165, 1.54) is 24.3 Å². The molecule has 24 heavy (non-hydrogen) atoms. The predicted molar refractivity (Wildman–Crippen MR) is 90.2 cm³/mol. The van der Waals surface area contributed by atoms with Gasteiger partial charge in [0.2, 0.25) is 5.90 Å². The monoisotopic (exact) mass is 362 g/mol. The molecule has 120 valence electrons. The lowest BCUT2D eigenvalue weighted by atomic mass is 10.2. The first-order valence-corrected chi connectivity index (χ1v) is 7.42. The van der Waals surface area contributed by atoms with Gasteiger partial charge in [0.1, 0.15) is 0 Å². The molecule has 1 aliphatic heterocycles. The van der Waals surface area contributed by atoms with Crippen LogP contribution in [0.4, 0.5) is 5.69 Å². The van der Waals surface area contributed by atoms with Crippen LogP contribution in [0.5, 0.6) is 0 Å². The summed E-state index contributed by atoms with van der Waals surface area (Å²) in [7, 11) is 0. The van der Waals surface area contributed by atoms with Gasteiger partial charge < -0.3 is 4.74 Å². The largest absolute Gasteiger partial charge is 0.402 e. The van der Waals surface area contributed by atoms with Gasteiger partial charge in [0.25, 0.3) is 5.69 Å². The van der Waals surface area contributed by atoms with Crippen LogP contribution < -0.4 is 0 Å². The summed E-state index contributed by atoms with van der Waals surface area (Å²) in [5.41, 5.74) is 0.811. The summed E-state index contributed by atoms with van der Waals surface area (Å²) < 4.78 is 5.08. The zero-order valence-electron chi connectivity index (χ0n) is 11.9. The lowest BCUT2D eigenvalue weighted by molar-refractivity contribution is -0.384. The molecule has 0 spiro atoms. The van der Waals surface area contributed by atoms with Gasteiger partial charge in [-0.15, -0.1) is 0 Å². The lowest BCUT2D eigenvalue weighted by Gasteiger charge is -1.99. The molecule has 0 bridgehead atoms. The Morgan fingerprint density at radius 3 is 2.67 bits per heavy atom. The van der Waals surface area contributed by atoms with Crippen LogP contribution >= 0.6 is 23.2 Å². The first-order chi connectivity index (χ1) is 11.4. The quantitative estimate of drug-likeness (QED) is 0.353. The number of aliphatic imine (C=N–C) groups is 1. The highest BCUT2D eigenvalue weighted by Crippen LogP contribution is 2.26. The number of ether oxygens (including phenoxy) is 1. The minimum Gasteiger partial charge on any atom is -0.402 e. The van der Waals surface area contributed by atoms with Gasteiger partial charge in [0.15, 0.2) is 5.70 Å². The first-order valence-electron chi connectivity index (χ1n) is 6.66. The Morgan fingerprint density at radius 1 is 1.17 bits per heavy atom. The minimum atomic E-state index is -0.664. The maximum absolute atomic E-state index is 12.0. The number of benzene rings is 2. The normalized spacial score (nSPS) is 15.3. The van der Waals surface area contributed by atoms with Crippen molar-refractivity contribution in [1.29, 1.82) is 0 Å². The van der Waals surface area contributed by atoms with Crippen LogP contribution in [0, 0.1) is 10.1 Å². The predicted octanol–water partition coefficient (Wildman–Crippen LogP) is 4.25. The highest BCUT2D eigenvalue weighted by molar-refractivity contribution is 6.35. The topological polar surface area (TPSA) is 81.8 Å². The molecule has 0 fully saturated rings. The Morgan fingerprint density at radius 2 is 1.96 bits per heavy atom. The second kappa shape index (κ2) is 6.43. The lowest BCUT2D eigenvalue weighted by Crippen LogP contribution is -2.05. The number of carbonyl (C=O) groups is 1. The molecule has 1 heterocycles. The van der Waals surface area contributed by atoms with Crippen LogP contribution in [0.15, 0.2) is 53.2 Å². The zero-order chi connectivity index (χ0) is 17.3. The van der Waals surface area contributed by atoms with Gasteiger partial charge in [-0.3, -0.25) is 10.1 Å². The van der Waals surface area contributed by atoms with Crippen molar-refractivity contribution in [3.05, 3.63) is 79.4 Å². The van der Waals surface area contributed by atoms with Gasteiger partial charge >= 0.3 is 5.97 Å². The second-order valence-electron chi connectivity index (χ2n) is 4.81. The molecular weight excluding hydrogens is 355 g/mol. The third-order valence-electron chi connectivity index (χ3n) is 3.18. The van der Waals surface area contributed by atoms with Gasteiger partial charge in [-0.25, -0.2) is 9.79 Å². The summed E-state index contributed by atoms with van der Waals surface area (Å²) in [6.07, 6.45) is 1.46. The van der Waals surface area contributed by atoms with Crippen molar-refractivity contribution in [1.82, 2.24) is 0 Å². The van der Waals surface area contributed by atoms with Gasteiger partial charge in [-0.1, -0.05) is 35.3 Å². The summed E-state index contributed by atoms with van der Waals surface area (Å²) in [5.74, 6) is -0.664. The highest BCUT2D eigenvalue weighted by atomic mass is 35.5. The molecular formula is C16H8Cl2N2O4. The van der Waals surface area contributed by atoms with Crippen LogP contribution in [0.3, 0.4) is 0 Å². The van der Waals surface area contributed by atoms with E-state index in [4.69, 9.17) is 27.9 Å². The van der Waals surface area contributed by atoms with Crippen molar-refractivity contribution in [2.45, 2.75) is 0 Å². The molecule has 0 aromatic heterocycles. The number of nitro groups is 1. The molecule has 0 saturated carbocycles. The maximum Gasteiger partial charge on any atom is 0.363 e. The van der Waals surface area contributed by atoms with Crippen LogP contribution in [0.2, 0.25) is 10.0 Å². The van der Waals surface area contributed by atoms with Crippen LogP contribution in [-0.4, -0.2) is 16.8 Å². The van der Waals surface area contributed by atoms with E-state index in [2.05, 4.69) is 4.99 Å². The average Bonchev–Trinajstić information content (AvgIpc) is 2.91. The van der Waals surface area contributed by atoms with Gasteiger partial charge in [-0.05, 0) is 29.8 Å². The fourth-order valence-corrected chi connectivity index (χ4v) is 2.51. The third-order valence-corrected chi connectivity index (χ3v) is 3.74. The van der Waals surface area contributed by atoms with E-state index < -0.39 is 10.9 Å². The zero-order valence-corrected chi connectivity index (χ0v) is 13.4. The van der Waals surface area contributed by atoms with Crippen molar-refractivity contribution in [3.8, 4) is 0 Å². The van der Waals surface area contributed by atoms with E-state index >= 15 is 0 Å². The number of hydrogen-bond donors (Lipinski definition) is 0. The van der Waals surface area contributed by atoms with E-state index in [0.717, 1.165) is 0 Å². The van der Waals surface area contributed by atoms with Crippen LogP contribution in [0.25, 0.3) is 6.08 Å². The van der Waals surface area contributed by atoms with Crippen molar-refractivity contribution in [2.24, 2.45) is 4.99 Å². The van der Waals surface area contributed by atoms with Crippen LogP contribution in [-0.2, 0) is 9.53 Å². The molecule has 0 aliphatic carbocycles. The number of esters is 1. The smallest absolute Gasteiger partial charge is 0.363 e. The van der Waals surface area contributed by atoms with Crippen LogP contribution in [0.1, 0.15) is 11.1 Å². The molecule has 6 nitrogen and oxygen atoms in total. The number of nitrogens with zero attached hydrogens (tertiary/aromatic N) is 2.